The second-order valence-electron chi connectivity index (χ2n) is 4.97. The van der Waals surface area contributed by atoms with Gasteiger partial charge in [0, 0.05) is 11.4 Å². The number of thiazole rings is 1. The molecule has 100 valence electrons. The number of hydrogen-bond donors (Lipinski definition) is 1. The maximum absolute atomic E-state index is 6.16. The number of aryl methyl sites for hydroxylation is 1. The molecule has 0 bridgehead atoms. The summed E-state index contributed by atoms with van der Waals surface area (Å²) in [4.78, 5) is 4.42. The fraction of sp³-hybridized carbons (Fsp3) is 0.400. The molecule has 2 N–H and O–H groups in total. The normalized spacial score (nSPS) is 18.1. The van der Waals surface area contributed by atoms with Gasteiger partial charge in [-0.1, -0.05) is 12.1 Å². The largest absolute Gasteiger partial charge is 0.487 e. The first kappa shape index (κ1) is 12.6. The highest BCUT2D eigenvalue weighted by atomic mass is 32.1. The topological polar surface area (TPSA) is 48.1 Å². The van der Waals surface area contributed by atoms with Crippen LogP contribution in [-0.4, -0.2) is 4.98 Å². The van der Waals surface area contributed by atoms with Gasteiger partial charge in [0.25, 0.3) is 0 Å². The van der Waals surface area contributed by atoms with Crippen LogP contribution >= 0.6 is 11.3 Å². The summed E-state index contributed by atoms with van der Waals surface area (Å²) in [5.41, 5.74) is 9.69. The molecule has 4 heteroatoms. The van der Waals surface area contributed by atoms with Crippen molar-refractivity contribution in [1.29, 1.82) is 0 Å². The van der Waals surface area contributed by atoms with Crippen molar-refractivity contribution < 1.29 is 4.74 Å². The van der Waals surface area contributed by atoms with E-state index in [1.165, 1.54) is 11.1 Å². The molecule has 1 aliphatic carbocycles. The monoisotopic (exact) mass is 274 g/mol. The van der Waals surface area contributed by atoms with Crippen LogP contribution in [0.3, 0.4) is 0 Å². The molecule has 0 saturated carbocycles. The second kappa shape index (κ2) is 5.31. The Labute approximate surface area is 117 Å². The van der Waals surface area contributed by atoms with Gasteiger partial charge in [-0.05, 0) is 43.4 Å². The lowest BCUT2D eigenvalue weighted by atomic mass is 9.87. The molecule has 1 aromatic heterocycles. The molecule has 1 heterocycles. The van der Waals surface area contributed by atoms with Crippen LogP contribution in [0.2, 0.25) is 0 Å². The van der Waals surface area contributed by atoms with E-state index in [0.717, 1.165) is 35.7 Å². The molecule has 1 unspecified atom stereocenters. The van der Waals surface area contributed by atoms with E-state index in [1.54, 1.807) is 11.3 Å². The molecule has 1 atom stereocenters. The summed E-state index contributed by atoms with van der Waals surface area (Å²) in [6.07, 6.45) is 3.28. The lowest BCUT2D eigenvalue weighted by Crippen LogP contribution is -2.18. The van der Waals surface area contributed by atoms with E-state index in [4.69, 9.17) is 10.5 Å². The molecular weight excluding hydrogens is 256 g/mol. The van der Waals surface area contributed by atoms with Crippen molar-refractivity contribution in [2.45, 2.75) is 38.8 Å². The zero-order valence-electron chi connectivity index (χ0n) is 11.1. The van der Waals surface area contributed by atoms with E-state index >= 15 is 0 Å². The summed E-state index contributed by atoms with van der Waals surface area (Å²) in [5, 5.41) is 3.13. The predicted molar refractivity (Wildman–Crippen MR) is 77.5 cm³/mol. The number of benzene rings is 1. The highest BCUT2D eigenvalue weighted by Crippen LogP contribution is 2.34. The smallest absolute Gasteiger partial charge is 0.131 e. The van der Waals surface area contributed by atoms with Gasteiger partial charge in [-0.2, -0.15) is 0 Å². The average molecular weight is 274 g/mol. The van der Waals surface area contributed by atoms with E-state index < -0.39 is 0 Å². The number of nitrogens with zero attached hydrogens (tertiary/aromatic N) is 1. The first-order chi connectivity index (χ1) is 9.24. The number of nitrogens with two attached hydrogens (primary N) is 1. The first-order valence-electron chi connectivity index (χ1n) is 6.65. The maximum Gasteiger partial charge on any atom is 0.131 e. The molecule has 1 aromatic carbocycles. The summed E-state index contributed by atoms with van der Waals surface area (Å²) in [5.74, 6) is 0.971. The van der Waals surface area contributed by atoms with Crippen LogP contribution in [0.4, 0.5) is 0 Å². The Bertz CT molecular complexity index is 579. The van der Waals surface area contributed by atoms with Crippen LogP contribution in [0.1, 0.15) is 40.7 Å². The molecule has 3 nitrogen and oxygen atoms in total. The van der Waals surface area contributed by atoms with Crippen molar-refractivity contribution in [2.24, 2.45) is 5.73 Å². The van der Waals surface area contributed by atoms with Crippen molar-refractivity contribution in [3.05, 3.63) is 45.4 Å². The van der Waals surface area contributed by atoms with E-state index in [0.29, 0.717) is 6.61 Å². The van der Waals surface area contributed by atoms with Crippen LogP contribution < -0.4 is 10.5 Å². The first-order valence-corrected chi connectivity index (χ1v) is 7.53. The van der Waals surface area contributed by atoms with E-state index in [-0.39, 0.29) is 6.04 Å². The van der Waals surface area contributed by atoms with Crippen LogP contribution in [0, 0.1) is 6.92 Å². The van der Waals surface area contributed by atoms with Gasteiger partial charge in [0.15, 0.2) is 0 Å². The Morgan fingerprint density at radius 1 is 1.47 bits per heavy atom. The number of rotatable bonds is 3. The molecule has 0 radical (unpaired) electrons. The minimum Gasteiger partial charge on any atom is -0.487 e. The van der Waals surface area contributed by atoms with Crippen molar-refractivity contribution in [1.82, 2.24) is 4.98 Å². The molecule has 3 rings (SSSR count). The Hall–Kier alpha value is -1.39. The predicted octanol–water partition coefficient (Wildman–Crippen LogP) is 3.37. The summed E-state index contributed by atoms with van der Waals surface area (Å²) in [6, 6.07) is 6.36. The lowest BCUT2D eigenvalue weighted by Gasteiger charge is -2.24. The van der Waals surface area contributed by atoms with Gasteiger partial charge in [-0.3, -0.25) is 0 Å². The van der Waals surface area contributed by atoms with E-state index in [1.807, 2.05) is 19.1 Å². The summed E-state index contributed by atoms with van der Waals surface area (Å²) >= 11 is 1.66. The Balaban J connectivity index is 1.79. The lowest BCUT2D eigenvalue weighted by molar-refractivity contribution is 0.296. The minimum atomic E-state index is 0.161. The van der Waals surface area contributed by atoms with Gasteiger partial charge in [0.1, 0.15) is 12.4 Å². The summed E-state index contributed by atoms with van der Waals surface area (Å²) in [6.45, 7) is 2.55. The van der Waals surface area contributed by atoms with Gasteiger partial charge in [-0.15, -0.1) is 11.3 Å². The zero-order valence-corrected chi connectivity index (χ0v) is 11.9. The van der Waals surface area contributed by atoms with E-state index in [2.05, 4.69) is 16.4 Å². The molecule has 0 fully saturated rings. The van der Waals surface area contributed by atoms with Gasteiger partial charge in [0.2, 0.25) is 0 Å². The standard InChI is InChI=1S/C15H18N2OS/c1-10-17-11(9-19-10)8-18-15-7-3-4-12-13(15)5-2-6-14(12)16/h3-4,7,9,14H,2,5-6,8,16H2,1H3. The minimum absolute atomic E-state index is 0.161. The van der Waals surface area contributed by atoms with Crippen LogP contribution in [-0.2, 0) is 13.0 Å². The zero-order chi connectivity index (χ0) is 13.2. The molecular formula is C15H18N2OS. The highest BCUT2D eigenvalue weighted by Gasteiger charge is 2.19. The molecule has 0 saturated heterocycles. The van der Waals surface area contributed by atoms with Crippen molar-refractivity contribution >= 4 is 11.3 Å². The third-order valence-corrected chi connectivity index (χ3v) is 4.38. The summed E-state index contributed by atoms with van der Waals surface area (Å²) in [7, 11) is 0. The van der Waals surface area contributed by atoms with Gasteiger partial charge >= 0.3 is 0 Å². The molecule has 1 aliphatic rings. The van der Waals surface area contributed by atoms with Gasteiger partial charge in [-0.25, -0.2) is 4.98 Å². The second-order valence-corrected chi connectivity index (χ2v) is 6.03. The van der Waals surface area contributed by atoms with Gasteiger partial charge < -0.3 is 10.5 Å². The Morgan fingerprint density at radius 3 is 3.16 bits per heavy atom. The van der Waals surface area contributed by atoms with Crippen molar-refractivity contribution in [3.63, 3.8) is 0 Å². The number of aromatic nitrogens is 1. The average Bonchev–Trinajstić information content (AvgIpc) is 2.83. The molecule has 19 heavy (non-hydrogen) atoms. The molecule has 0 spiro atoms. The Kier molecular flexibility index (Phi) is 3.53. The molecule has 0 amide bonds. The number of hydrogen-bond acceptors (Lipinski definition) is 4. The van der Waals surface area contributed by atoms with Crippen molar-refractivity contribution in [2.75, 3.05) is 0 Å². The summed E-state index contributed by atoms with van der Waals surface area (Å²) < 4.78 is 5.94. The molecule has 2 aromatic rings. The molecule has 0 aliphatic heterocycles. The van der Waals surface area contributed by atoms with Gasteiger partial charge in [0.05, 0.1) is 10.7 Å². The number of ether oxygens (including phenoxy) is 1. The quantitative estimate of drug-likeness (QED) is 0.933. The van der Waals surface area contributed by atoms with Crippen molar-refractivity contribution in [3.8, 4) is 5.75 Å². The highest BCUT2D eigenvalue weighted by molar-refractivity contribution is 7.09. The van der Waals surface area contributed by atoms with Crippen LogP contribution in [0.25, 0.3) is 0 Å². The number of fused-ring (bicyclic) bond motifs is 1. The third-order valence-electron chi connectivity index (χ3n) is 3.55. The van der Waals surface area contributed by atoms with E-state index in [9.17, 15) is 0 Å². The maximum atomic E-state index is 6.16. The SMILES string of the molecule is Cc1nc(COc2cccc3c2CCCC3N)cs1. The Morgan fingerprint density at radius 2 is 2.37 bits per heavy atom. The van der Waals surface area contributed by atoms with Crippen LogP contribution in [0.5, 0.6) is 5.75 Å². The fourth-order valence-electron chi connectivity index (χ4n) is 2.61. The van der Waals surface area contributed by atoms with Crippen LogP contribution in [0.15, 0.2) is 23.6 Å². The third kappa shape index (κ3) is 2.65. The fourth-order valence-corrected chi connectivity index (χ4v) is 3.21.